The van der Waals surface area contributed by atoms with Crippen LogP contribution in [0.5, 0.6) is 11.6 Å². The summed E-state index contributed by atoms with van der Waals surface area (Å²) >= 11 is 6.94. The Labute approximate surface area is 307 Å². The number of carbonyl (C=O) groups excluding carboxylic acids is 2. The number of nitrogens with one attached hydrogen (secondary N) is 3. The van der Waals surface area contributed by atoms with Gasteiger partial charge in [0.25, 0.3) is 11.8 Å². The zero-order valence-corrected chi connectivity index (χ0v) is 30.4. The number of benzene rings is 2. The van der Waals surface area contributed by atoms with Crippen LogP contribution >= 0.6 is 11.6 Å². The fourth-order valence-electron chi connectivity index (χ4n) is 6.32. The number of pyridine rings is 2. The van der Waals surface area contributed by atoms with Crippen LogP contribution < -0.4 is 25.4 Å². The molecule has 0 bridgehead atoms. The number of rotatable bonds is 12. The maximum atomic E-state index is 13.5. The number of anilines is 3. The summed E-state index contributed by atoms with van der Waals surface area (Å²) in [6.45, 7) is 5.95. The van der Waals surface area contributed by atoms with Crippen LogP contribution in [0.2, 0.25) is 5.02 Å². The summed E-state index contributed by atoms with van der Waals surface area (Å²) in [5.41, 5.74) is 6.85. The van der Waals surface area contributed by atoms with Crippen molar-refractivity contribution in [2.45, 2.75) is 39.5 Å². The second-order valence-electron chi connectivity index (χ2n) is 12.6. The molecule has 14 heteroatoms. The number of aromatic nitrogens is 4. The van der Waals surface area contributed by atoms with Crippen molar-refractivity contribution >= 4 is 40.5 Å². The van der Waals surface area contributed by atoms with Crippen LogP contribution in [0.15, 0.2) is 67.0 Å². The number of hydrogen-bond acceptors (Lipinski definition) is 10. The van der Waals surface area contributed by atoms with Crippen LogP contribution in [0.3, 0.4) is 0 Å². The quantitative estimate of drug-likeness (QED) is 0.126. The van der Waals surface area contributed by atoms with E-state index in [1.54, 1.807) is 57.8 Å². The molecule has 0 aliphatic carbocycles. The van der Waals surface area contributed by atoms with E-state index in [2.05, 4.69) is 35.8 Å². The van der Waals surface area contributed by atoms with Crippen molar-refractivity contribution in [2.24, 2.45) is 7.05 Å². The highest BCUT2D eigenvalue weighted by Crippen LogP contribution is 2.38. The summed E-state index contributed by atoms with van der Waals surface area (Å²) < 4.78 is 12.6. The molecule has 0 radical (unpaired) electrons. The van der Waals surface area contributed by atoms with Gasteiger partial charge in [-0.15, -0.1) is 0 Å². The largest absolute Gasteiger partial charge is 0.496 e. The number of amides is 2. The molecule has 0 unspecified atom stereocenters. The Morgan fingerprint density at radius 2 is 1.75 bits per heavy atom. The molecular formula is C38H41ClN8O5. The van der Waals surface area contributed by atoms with E-state index in [-0.39, 0.29) is 17.4 Å². The number of aliphatic hydroxyl groups is 1. The van der Waals surface area contributed by atoms with Gasteiger partial charge >= 0.3 is 0 Å². The molecule has 0 fully saturated rings. The van der Waals surface area contributed by atoms with Gasteiger partial charge in [-0.05, 0) is 43.2 Å². The van der Waals surface area contributed by atoms with Crippen molar-refractivity contribution in [1.29, 1.82) is 0 Å². The van der Waals surface area contributed by atoms with Gasteiger partial charge in [-0.2, -0.15) is 0 Å². The van der Waals surface area contributed by atoms with E-state index in [1.165, 1.54) is 0 Å². The van der Waals surface area contributed by atoms with E-state index < -0.39 is 12.0 Å². The molecule has 2 aromatic carbocycles. The second-order valence-corrected chi connectivity index (χ2v) is 13.0. The summed E-state index contributed by atoms with van der Waals surface area (Å²) in [6.07, 6.45) is 3.54. The molecule has 4 heterocycles. The van der Waals surface area contributed by atoms with Crippen molar-refractivity contribution in [3.05, 3.63) is 106 Å². The molecule has 0 saturated carbocycles. The number of methoxy groups -OCH3 is 2. The van der Waals surface area contributed by atoms with Crippen LogP contribution in [0.4, 0.5) is 17.1 Å². The van der Waals surface area contributed by atoms with E-state index in [0.29, 0.717) is 53.2 Å². The number of aliphatic hydroxyl groups excluding tert-OH is 1. The van der Waals surface area contributed by atoms with Gasteiger partial charge in [-0.1, -0.05) is 35.9 Å². The Kier molecular flexibility index (Phi) is 11.0. The minimum Gasteiger partial charge on any atom is -0.496 e. The first-order valence-corrected chi connectivity index (χ1v) is 17.2. The zero-order valence-electron chi connectivity index (χ0n) is 29.7. The smallest absolute Gasteiger partial charge is 0.291 e. The summed E-state index contributed by atoms with van der Waals surface area (Å²) in [4.78, 5) is 42.2. The molecule has 0 spiro atoms. The second kappa shape index (κ2) is 15.8. The van der Waals surface area contributed by atoms with Crippen molar-refractivity contribution in [1.82, 2.24) is 24.4 Å². The lowest BCUT2D eigenvalue weighted by Gasteiger charge is -2.27. The lowest BCUT2D eigenvalue weighted by molar-refractivity contribution is 0.100. The molecule has 1 aliphatic rings. The number of nitrogens with zero attached hydrogens (tertiary/aromatic N) is 5. The minimum absolute atomic E-state index is 0.186. The fourth-order valence-corrected chi connectivity index (χ4v) is 6.59. The Bertz CT molecular complexity index is 2120. The predicted octanol–water partition coefficient (Wildman–Crippen LogP) is 5.71. The van der Waals surface area contributed by atoms with E-state index in [4.69, 9.17) is 21.1 Å². The lowest BCUT2D eigenvalue weighted by Crippen LogP contribution is -2.36. The zero-order chi connectivity index (χ0) is 36.9. The summed E-state index contributed by atoms with van der Waals surface area (Å²) in [5, 5.41) is 19.4. The van der Waals surface area contributed by atoms with E-state index >= 15 is 0 Å². The summed E-state index contributed by atoms with van der Waals surface area (Å²) in [7, 11) is 4.94. The molecule has 1 atom stereocenters. The number of halogens is 1. The van der Waals surface area contributed by atoms with Gasteiger partial charge in [0, 0.05) is 92.4 Å². The Balaban J connectivity index is 1.16. The third kappa shape index (κ3) is 7.86. The van der Waals surface area contributed by atoms with Crippen LogP contribution in [-0.2, 0) is 26.6 Å². The molecule has 0 saturated heterocycles. The summed E-state index contributed by atoms with van der Waals surface area (Å²) in [6, 6.07) is 16.2. The highest BCUT2D eigenvalue weighted by atomic mass is 35.5. The first kappa shape index (κ1) is 36.3. The number of carbonyl (C=O) groups is 2. The number of fused-ring (bicyclic) bond motifs is 1. The van der Waals surface area contributed by atoms with Gasteiger partial charge in [0.15, 0.2) is 5.82 Å². The number of β-amino-alcohol motifs (C(OH)–C–C–N with tert-alkyl or cyclic N) is 1. The molecule has 5 aromatic rings. The van der Waals surface area contributed by atoms with Crippen molar-refractivity contribution < 1.29 is 24.2 Å². The lowest BCUT2D eigenvalue weighted by atomic mass is 9.98. The Morgan fingerprint density at radius 1 is 1.00 bits per heavy atom. The third-order valence-electron chi connectivity index (χ3n) is 9.00. The molecule has 2 amide bonds. The van der Waals surface area contributed by atoms with Gasteiger partial charge in [-0.25, -0.2) is 9.97 Å². The van der Waals surface area contributed by atoms with Crippen molar-refractivity contribution in [3.63, 3.8) is 0 Å². The molecule has 52 heavy (non-hydrogen) atoms. The first-order valence-electron chi connectivity index (χ1n) is 16.8. The maximum Gasteiger partial charge on any atom is 0.291 e. The van der Waals surface area contributed by atoms with Crippen LogP contribution in [0.1, 0.15) is 50.5 Å². The molecular weight excluding hydrogens is 684 g/mol. The number of imidazole rings is 1. The Hall–Kier alpha value is -5.50. The van der Waals surface area contributed by atoms with Gasteiger partial charge < -0.3 is 35.1 Å². The van der Waals surface area contributed by atoms with Gasteiger partial charge in [-0.3, -0.25) is 19.5 Å². The first-order chi connectivity index (χ1) is 25.1. The highest BCUT2D eigenvalue weighted by molar-refractivity contribution is 6.36. The average Bonchev–Trinajstić information content (AvgIpc) is 3.47. The average molecular weight is 725 g/mol. The Morgan fingerprint density at radius 3 is 2.50 bits per heavy atom. The maximum absolute atomic E-state index is 13.5. The third-order valence-corrected chi connectivity index (χ3v) is 9.41. The molecule has 3 aromatic heterocycles. The van der Waals surface area contributed by atoms with E-state index in [1.807, 2.05) is 48.9 Å². The van der Waals surface area contributed by atoms with Crippen molar-refractivity contribution in [3.8, 4) is 22.8 Å². The topological polar surface area (TPSA) is 156 Å². The van der Waals surface area contributed by atoms with E-state index in [9.17, 15) is 14.7 Å². The fraction of sp³-hybridized carbons (Fsp3) is 0.289. The van der Waals surface area contributed by atoms with Crippen LogP contribution in [0, 0.1) is 6.92 Å². The molecule has 6 rings (SSSR count). The van der Waals surface area contributed by atoms with Gasteiger partial charge in [0.2, 0.25) is 5.88 Å². The van der Waals surface area contributed by atoms with Gasteiger partial charge in [0.1, 0.15) is 11.4 Å². The van der Waals surface area contributed by atoms with Crippen LogP contribution in [0.25, 0.3) is 11.1 Å². The monoisotopic (exact) mass is 724 g/mol. The van der Waals surface area contributed by atoms with Gasteiger partial charge in [0.05, 0.1) is 36.7 Å². The minimum atomic E-state index is -0.444. The predicted molar refractivity (Wildman–Crippen MR) is 200 cm³/mol. The molecule has 1 aliphatic heterocycles. The SMILES string of the molecule is COc1cc(NCc2cnc(C(=O)Nc3cccc(-c4cccc(NC(=O)c5nc6c(n5C)CCN(C[C@@H](C)O)C6)c4Cl)c3C)cc2OC)ccn1. The van der Waals surface area contributed by atoms with Crippen molar-refractivity contribution in [2.75, 3.05) is 43.3 Å². The standard InChI is InChI=1S/C38H41ClN8O5/c1-22(48)20-47-15-13-32-31(21-47)43-36(46(32)3)38(50)45-29-11-7-9-27(35(29)39)26-8-6-10-28(23(26)2)44-37(49)30-17-33(51-4)24(19-42-30)18-41-25-12-14-40-34(16-25)52-5/h6-12,14,16-17,19,22,48H,13,15,18,20-21H2,1-5H3,(H,40,41)(H,44,49)(H,45,50)/t22-/m1/s1. The molecule has 13 nitrogen and oxygen atoms in total. The number of ether oxygens (including phenoxy) is 2. The molecule has 4 N–H and O–H groups in total. The van der Waals surface area contributed by atoms with Crippen LogP contribution in [-0.4, -0.2) is 74.8 Å². The molecule has 270 valence electrons. The number of hydrogen-bond donors (Lipinski definition) is 4. The summed E-state index contributed by atoms with van der Waals surface area (Å²) in [5.74, 6) is 0.502. The highest BCUT2D eigenvalue weighted by Gasteiger charge is 2.26. The van der Waals surface area contributed by atoms with E-state index in [0.717, 1.165) is 46.7 Å². The normalized spacial score (nSPS) is 13.2.